The minimum atomic E-state index is -0.809. The van der Waals surface area contributed by atoms with Crippen molar-refractivity contribution in [1.29, 1.82) is 0 Å². The highest BCUT2D eigenvalue weighted by Gasteiger charge is 2.28. The van der Waals surface area contributed by atoms with Crippen LogP contribution in [-0.2, 0) is 9.53 Å². The van der Waals surface area contributed by atoms with Gasteiger partial charge in [0.2, 0.25) is 0 Å². The van der Waals surface area contributed by atoms with Gasteiger partial charge in [-0.25, -0.2) is 0 Å². The quantitative estimate of drug-likeness (QED) is 0.599. The summed E-state index contributed by atoms with van der Waals surface area (Å²) < 4.78 is 5.10. The highest BCUT2D eigenvalue weighted by atomic mass is 16.5. The Bertz CT molecular complexity index is 175. The van der Waals surface area contributed by atoms with E-state index in [0.717, 1.165) is 13.0 Å². The zero-order valence-corrected chi connectivity index (χ0v) is 7.61. The van der Waals surface area contributed by atoms with E-state index in [1.54, 1.807) is 0 Å². The van der Waals surface area contributed by atoms with Crippen LogP contribution < -0.4 is 5.73 Å². The standard InChI is InChI=1S/C8H16N2O3/c9-2-1-3-10-4-5-13-6-7(10)8(11)12/h7H,1-6,9H2,(H,11,12). The van der Waals surface area contributed by atoms with Crippen LogP contribution >= 0.6 is 0 Å². The number of carbonyl (C=O) groups is 1. The fourth-order valence-electron chi connectivity index (χ4n) is 1.43. The molecule has 1 heterocycles. The molecule has 1 aliphatic heterocycles. The van der Waals surface area contributed by atoms with Crippen molar-refractivity contribution in [3.8, 4) is 0 Å². The van der Waals surface area contributed by atoms with Gasteiger partial charge in [-0.3, -0.25) is 9.69 Å². The number of hydrogen-bond acceptors (Lipinski definition) is 4. The summed E-state index contributed by atoms with van der Waals surface area (Å²) in [6.07, 6.45) is 0.837. The average Bonchev–Trinajstić information content (AvgIpc) is 2.15. The van der Waals surface area contributed by atoms with Gasteiger partial charge < -0.3 is 15.6 Å². The summed E-state index contributed by atoms with van der Waals surface area (Å²) >= 11 is 0. The third kappa shape index (κ3) is 2.95. The minimum absolute atomic E-state index is 0.292. The van der Waals surface area contributed by atoms with Crippen LogP contribution in [0.25, 0.3) is 0 Å². The van der Waals surface area contributed by atoms with Gasteiger partial charge in [0, 0.05) is 13.1 Å². The predicted molar refractivity (Wildman–Crippen MR) is 47.5 cm³/mol. The van der Waals surface area contributed by atoms with Crippen molar-refractivity contribution in [2.45, 2.75) is 12.5 Å². The lowest BCUT2D eigenvalue weighted by Crippen LogP contribution is -2.50. The first-order chi connectivity index (χ1) is 6.25. The first-order valence-corrected chi connectivity index (χ1v) is 4.50. The third-order valence-electron chi connectivity index (χ3n) is 2.17. The van der Waals surface area contributed by atoms with Crippen LogP contribution in [0, 0.1) is 0 Å². The molecule has 0 amide bonds. The molecule has 0 aromatic carbocycles. The van der Waals surface area contributed by atoms with E-state index in [4.69, 9.17) is 15.6 Å². The van der Waals surface area contributed by atoms with Crippen LogP contribution in [0.5, 0.6) is 0 Å². The lowest BCUT2D eigenvalue weighted by molar-refractivity contribution is -0.149. The number of nitrogens with zero attached hydrogens (tertiary/aromatic N) is 1. The van der Waals surface area contributed by atoms with Crippen LogP contribution in [0.3, 0.4) is 0 Å². The molecule has 5 nitrogen and oxygen atoms in total. The molecule has 0 aliphatic carbocycles. The molecule has 13 heavy (non-hydrogen) atoms. The first kappa shape index (κ1) is 10.4. The van der Waals surface area contributed by atoms with E-state index < -0.39 is 12.0 Å². The zero-order valence-electron chi connectivity index (χ0n) is 7.61. The number of aliphatic carboxylic acids is 1. The fraction of sp³-hybridized carbons (Fsp3) is 0.875. The Morgan fingerprint density at radius 3 is 3.08 bits per heavy atom. The van der Waals surface area contributed by atoms with E-state index in [0.29, 0.717) is 26.3 Å². The van der Waals surface area contributed by atoms with Crippen LogP contribution in [-0.4, -0.2) is 54.9 Å². The normalized spacial score (nSPS) is 24.5. The van der Waals surface area contributed by atoms with Gasteiger partial charge in [-0.2, -0.15) is 0 Å². The fourth-order valence-corrected chi connectivity index (χ4v) is 1.43. The van der Waals surface area contributed by atoms with Crippen molar-refractivity contribution in [1.82, 2.24) is 4.90 Å². The summed E-state index contributed by atoms with van der Waals surface area (Å²) in [5.74, 6) is -0.809. The summed E-state index contributed by atoms with van der Waals surface area (Å²) in [5.41, 5.74) is 5.36. The van der Waals surface area contributed by atoms with Crippen molar-refractivity contribution in [2.75, 3.05) is 32.8 Å². The van der Waals surface area contributed by atoms with E-state index in [1.807, 2.05) is 4.90 Å². The van der Waals surface area contributed by atoms with E-state index >= 15 is 0 Å². The number of ether oxygens (including phenoxy) is 1. The van der Waals surface area contributed by atoms with Gasteiger partial charge in [-0.05, 0) is 13.0 Å². The maximum absolute atomic E-state index is 10.8. The molecule has 0 spiro atoms. The molecule has 1 aliphatic rings. The lowest BCUT2D eigenvalue weighted by atomic mass is 10.2. The Balaban J connectivity index is 2.41. The van der Waals surface area contributed by atoms with E-state index in [2.05, 4.69) is 0 Å². The van der Waals surface area contributed by atoms with Gasteiger partial charge in [-0.15, -0.1) is 0 Å². The third-order valence-corrected chi connectivity index (χ3v) is 2.17. The monoisotopic (exact) mass is 188 g/mol. The zero-order chi connectivity index (χ0) is 9.68. The molecule has 1 atom stereocenters. The number of carboxylic acid groups (broad SMARTS) is 1. The van der Waals surface area contributed by atoms with Crippen LogP contribution in [0.2, 0.25) is 0 Å². The first-order valence-electron chi connectivity index (χ1n) is 4.50. The van der Waals surface area contributed by atoms with Crippen LogP contribution in [0.1, 0.15) is 6.42 Å². The Labute approximate surface area is 77.5 Å². The van der Waals surface area contributed by atoms with Crippen molar-refractivity contribution in [3.05, 3.63) is 0 Å². The number of nitrogens with two attached hydrogens (primary N) is 1. The Kier molecular flexibility index (Phi) is 4.14. The molecule has 0 aromatic heterocycles. The molecule has 1 fully saturated rings. The number of hydrogen-bond donors (Lipinski definition) is 2. The lowest BCUT2D eigenvalue weighted by Gasteiger charge is -2.32. The van der Waals surface area contributed by atoms with Gasteiger partial charge in [0.15, 0.2) is 0 Å². The minimum Gasteiger partial charge on any atom is -0.480 e. The molecule has 0 saturated carbocycles. The van der Waals surface area contributed by atoms with E-state index in [9.17, 15) is 4.79 Å². The topological polar surface area (TPSA) is 75.8 Å². The molecular formula is C8H16N2O3. The average molecular weight is 188 g/mol. The van der Waals surface area contributed by atoms with E-state index in [-0.39, 0.29) is 0 Å². The van der Waals surface area contributed by atoms with E-state index in [1.165, 1.54) is 0 Å². The molecule has 0 radical (unpaired) electrons. The SMILES string of the molecule is NCCCN1CCOCC1C(=O)O. The summed E-state index contributed by atoms with van der Waals surface area (Å²) in [6, 6.07) is -0.486. The second kappa shape index (κ2) is 5.16. The number of carboxylic acids is 1. The molecule has 0 aromatic rings. The smallest absolute Gasteiger partial charge is 0.323 e. The molecule has 1 unspecified atom stereocenters. The van der Waals surface area contributed by atoms with Gasteiger partial charge in [0.1, 0.15) is 6.04 Å². The van der Waals surface area contributed by atoms with Crippen molar-refractivity contribution >= 4 is 5.97 Å². The Morgan fingerprint density at radius 1 is 1.69 bits per heavy atom. The molecular weight excluding hydrogens is 172 g/mol. The highest BCUT2D eigenvalue weighted by molar-refractivity contribution is 5.73. The van der Waals surface area contributed by atoms with Crippen molar-refractivity contribution in [2.24, 2.45) is 5.73 Å². The van der Waals surface area contributed by atoms with Gasteiger partial charge in [-0.1, -0.05) is 0 Å². The predicted octanol–water partition coefficient (Wildman–Crippen LogP) is -0.879. The maximum atomic E-state index is 10.8. The molecule has 1 saturated heterocycles. The molecule has 5 heteroatoms. The molecule has 1 rings (SSSR count). The van der Waals surface area contributed by atoms with Crippen LogP contribution in [0.15, 0.2) is 0 Å². The Morgan fingerprint density at radius 2 is 2.46 bits per heavy atom. The molecule has 76 valence electrons. The molecule has 0 bridgehead atoms. The number of rotatable bonds is 4. The number of morpholine rings is 1. The summed E-state index contributed by atoms with van der Waals surface area (Å²) in [6.45, 7) is 2.95. The molecule has 3 N–H and O–H groups in total. The van der Waals surface area contributed by atoms with Crippen molar-refractivity contribution < 1.29 is 14.6 Å². The van der Waals surface area contributed by atoms with Gasteiger partial charge in [0.05, 0.1) is 13.2 Å². The summed E-state index contributed by atoms with van der Waals surface area (Å²) in [5, 5.41) is 8.86. The second-order valence-corrected chi connectivity index (χ2v) is 3.11. The highest BCUT2D eigenvalue weighted by Crippen LogP contribution is 2.07. The summed E-state index contributed by atoms with van der Waals surface area (Å²) in [7, 11) is 0. The van der Waals surface area contributed by atoms with Crippen molar-refractivity contribution in [3.63, 3.8) is 0 Å². The second-order valence-electron chi connectivity index (χ2n) is 3.11. The maximum Gasteiger partial charge on any atom is 0.323 e. The Hall–Kier alpha value is -0.650. The van der Waals surface area contributed by atoms with Gasteiger partial charge >= 0.3 is 5.97 Å². The summed E-state index contributed by atoms with van der Waals surface area (Å²) in [4.78, 5) is 12.7. The van der Waals surface area contributed by atoms with Gasteiger partial charge in [0.25, 0.3) is 0 Å². The largest absolute Gasteiger partial charge is 0.480 e. The van der Waals surface area contributed by atoms with Crippen LogP contribution in [0.4, 0.5) is 0 Å².